The van der Waals surface area contributed by atoms with Crippen molar-refractivity contribution in [2.24, 2.45) is 0 Å². The molecule has 3 amide bonds. The molecule has 0 radical (unpaired) electrons. The minimum atomic E-state index is -1.30. The molecule has 0 aliphatic carbocycles. The highest BCUT2D eigenvalue weighted by Crippen LogP contribution is 2.36. The van der Waals surface area contributed by atoms with E-state index < -0.39 is 35.4 Å². The second-order valence-electron chi connectivity index (χ2n) is 13.3. The van der Waals surface area contributed by atoms with Crippen LogP contribution in [0.25, 0.3) is 0 Å². The van der Waals surface area contributed by atoms with Crippen LogP contribution < -0.4 is 10.6 Å². The first-order valence-electron chi connectivity index (χ1n) is 16.5. The van der Waals surface area contributed by atoms with E-state index in [1.165, 1.54) is 16.7 Å². The molecular formula is C37H52N4O7S. The van der Waals surface area contributed by atoms with Crippen molar-refractivity contribution in [2.75, 3.05) is 46.5 Å². The summed E-state index contributed by atoms with van der Waals surface area (Å²) in [6, 6.07) is 14.1. The average molecular weight is 697 g/mol. The van der Waals surface area contributed by atoms with E-state index in [0.717, 1.165) is 27.8 Å². The number of ether oxygens (including phenoxy) is 1. The first-order chi connectivity index (χ1) is 23.2. The van der Waals surface area contributed by atoms with Gasteiger partial charge in [0.15, 0.2) is 0 Å². The van der Waals surface area contributed by atoms with Crippen LogP contribution >= 0.6 is 11.8 Å². The largest absolute Gasteiger partial charge is 0.387 e. The van der Waals surface area contributed by atoms with E-state index in [2.05, 4.69) is 40.8 Å². The number of nitrogens with zero attached hydrogens (tertiary/aromatic N) is 2. The first kappa shape index (κ1) is 40.0. The molecule has 0 saturated carbocycles. The van der Waals surface area contributed by atoms with Crippen LogP contribution in [0.5, 0.6) is 0 Å². The molecule has 5 atom stereocenters. The van der Waals surface area contributed by atoms with E-state index >= 15 is 0 Å². The number of benzene rings is 2. The zero-order chi connectivity index (χ0) is 36.3. The van der Waals surface area contributed by atoms with Crippen LogP contribution in [0.2, 0.25) is 0 Å². The van der Waals surface area contributed by atoms with Gasteiger partial charge >= 0.3 is 0 Å². The molecule has 5 N–H and O–H groups in total. The van der Waals surface area contributed by atoms with Crippen molar-refractivity contribution in [3.05, 3.63) is 70.3 Å². The van der Waals surface area contributed by atoms with E-state index in [1.54, 1.807) is 39.1 Å². The van der Waals surface area contributed by atoms with Crippen LogP contribution in [0.4, 0.5) is 0 Å². The van der Waals surface area contributed by atoms with Crippen LogP contribution in [0.15, 0.2) is 42.5 Å². The van der Waals surface area contributed by atoms with Crippen LogP contribution in [0, 0.1) is 19.3 Å². The van der Waals surface area contributed by atoms with Gasteiger partial charge < -0.3 is 35.6 Å². The van der Waals surface area contributed by atoms with Crippen LogP contribution in [0.3, 0.4) is 0 Å². The SMILES string of the molecule is C#CCN(C)C(=O)CN(C)CCNC(=O)C(C)(C)NC(=O)CCCc1ccc(Cc2cc([C@@H]3O[C@H](SC)[C@@H](O)[C@H](O)[C@H]3O)ccc2C)cc1. The van der Waals surface area contributed by atoms with Gasteiger partial charge in [-0.05, 0) is 81.2 Å². The molecule has 11 nitrogen and oxygen atoms in total. The van der Waals surface area contributed by atoms with Gasteiger partial charge in [-0.1, -0.05) is 48.4 Å². The van der Waals surface area contributed by atoms with Gasteiger partial charge in [-0.25, -0.2) is 0 Å². The molecule has 2 aromatic rings. The number of carbonyl (C=O) groups is 3. The molecule has 49 heavy (non-hydrogen) atoms. The molecule has 1 heterocycles. The summed E-state index contributed by atoms with van der Waals surface area (Å²) >= 11 is 1.29. The Hall–Kier alpha value is -3.44. The fourth-order valence-corrected chi connectivity index (χ4v) is 6.25. The Morgan fingerprint density at radius 1 is 1.02 bits per heavy atom. The van der Waals surface area contributed by atoms with Crippen molar-refractivity contribution in [3.63, 3.8) is 0 Å². The van der Waals surface area contributed by atoms with E-state index in [-0.39, 0.29) is 37.2 Å². The summed E-state index contributed by atoms with van der Waals surface area (Å²) in [6.07, 6.45) is 4.85. The molecule has 1 aliphatic heterocycles. The third kappa shape index (κ3) is 11.6. The van der Waals surface area contributed by atoms with Gasteiger partial charge in [0.1, 0.15) is 35.4 Å². The first-order valence-corrected chi connectivity index (χ1v) is 17.8. The predicted octanol–water partition coefficient (Wildman–Crippen LogP) is 1.79. The van der Waals surface area contributed by atoms with Gasteiger partial charge in [0.2, 0.25) is 17.7 Å². The molecule has 1 aliphatic rings. The lowest BCUT2D eigenvalue weighted by molar-refractivity contribution is -0.200. The number of nitrogens with one attached hydrogen (secondary N) is 2. The summed E-state index contributed by atoms with van der Waals surface area (Å²) in [7, 11) is 3.43. The molecule has 3 rings (SSSR count). The number of hydrogen-bond donors (Lipinski definition) is 5. The normalized spacial score (nSPS) is 20.8. The smallest absolute Gasteiger partial charge is 0.245 e. The Labute approximate surface area is 294 Å². The standard InChI is InChI=1S/C37H52N4O7S/c1-8-19-41(6)30(43)23-40(5)20-18-38-36(47)37(3,4)39-29(42)11-9-10-25-13-15-26(16-14-25)21-28-22-27(17-12-24(28)2)34-32(45)31(44)33(46)35(48-34)49-7/h1,12-17,22,31-35,44-46H,9-11,18-21,23H2,2-7H3,(H,38,47)(H,39,42)/t31-,32-,33+,34+,35-/m1/s1. The third-order valence-corrected chi connectivity index (χ3v) is 9.60. The molecular weight excluding hydrogens is 644 g/mol. The van der Waals surface area contributed by atoms with Crippen molar-refractivity contribution in [1.82, 2.24) is 20.4 Å². The van der Waals surface area contributed by atoms with Gasteiger partial charge in [0.05, 0.1) is 13.1 Å². The Kier molecular flexibility index (Phi) is 15.1. The molecule has 0 aromatic heterocycles. The number of aliphatic hydroxyl groups is 3. The van der Waals surface area contributed by atoms with Gasteiger partial charge in [-0.3, -0.25) is 19.3 Å². The van der Waals surface area contributed by atoms with Crippen molar-refractivity contribution < 1.29 is 34.4 Å². The maximum absolute atomic E-state index is 12.8. The number of aryl methyl sites for hydroxylation is 2. The van der Waals surface area contributed by atoms with Crippen LogP contribution in [-0.4, -0.2) is 119 Å². The zero-order valence-corrected chi connectivity index (χ0v) is 30.3. The fraction of sp³-hybridized carbons (Fsp3) is 0.541. The second kappa shape index (κ2) is 18.5. The average Bonchev–Trinajstić information content (AvgIpc) is 3.05. The number of hydrogen-bond acceptors (Lipinski definition) is 9. The Balaban J connectivity index is 1.45. The maximum atomic E-state index is 12.8. The number of aliphatic hydroxyl groups excluding tert-OH is 3. The topological polar surface area (TPSA) is 152 Å². The Morgan fingerprint density at radius 3 is 2.35 bits per heavy atom. The highest BCUT2D eigenvalue weighted by Gasteiger charge is 2.44. The number of amides is 3. The summed E-state index contributed by atoms with van der Waals surface area (Å²) in [5, 5.41) is 36.9. The quantitative estimate of drug-likeness (QED) is 0.166. The number of terminal acetylenes is 1. The summed E-state index contributed by atoms with van der Waals surface area (Å²) in [5.74, 6) is 1.83. The Bertz CT molecular complexity index is 1460. The van der Waals surface area contributed by atoms with Crippen molar-refractivity contribution in [3.8, 4) is 12.3 Å². The number of rotatable bonds is 16. The van der Waals surface area contributed by atoms with Crippen molar-refractivity contribution >= 4 is 29.5 Å². The van der Waals surface area contributed by atoms with Gasteiger partial charge in [-0.15, -0.1) is 18.2 Å². The summed E-state index contributed by atoms with van der Waals surface area (Å²) in [6.45, 7) is 6.57. The maximum Gasteiger partial charge on any atom is 0.245 e. The lowest BCUT2D eigenvalue weighted by Crippen LogP contribution is -2.55. The third-order valence-electron chi connectivity index (χ3n) is 8.75. The lowest BCUT2D eigenvalue weighted by Gasteiger charge is -2.40. The van der Waals surface area contributed by atoms with Gasteiger partial charge in [-0.2, -0.15) is 0 Å². The minimum absolute atomic E-state index is 0.102. The van der Waals surface area contributed by atoms with Crippen molar-refractivity contribution in [2.45, 2.75) is 81.8 Å². The molecule has 0 spiro atoms. The predicted molar refractivity (Wildman–Crippen MR) is 192 cm³/mol. The van der Waals surface area contributed by atoms with Gasteiger partial charge in [0.25, 0.3) is 0 Å². The minimum Gasteiger partial charge on any atom is -0.387 e. The Morgan fingerprint density at radius 2 is 1.69 bits per heavy atom. The second-order valence-corrected chi connectivity index (χ2v) is 14.2. The van der Waals surface area contributed by atoms with E-state index in [4.69, 9.17) is 11.2 Å². The van der Waals surface area contributed by atoms with Crippen LogP contribution in [-0.2, 0) is 32.0 Å². The molecule has 12 heteroatoms. The monoisotopic (exact) mass is 696 g/mol. The highest BCUT2D eigenvalue weighted by atomic mass is 32.2. The fourth-order valence-electron chi connectivity index (χ4n) is 5.58. The summed E-state index contributed by atoms with van der Waals surface area (Å²) in [5.41, 5.74) is 3.37. The molecule has 2 aromatic carbocycles. The van der Waals surface area contributed by atoms with Crippen molar-refractivity contribution in [1.29, 1.82) is 0 Å². The molecule has 1 fully saturated rings. The summed E-state index contributed by atoms with van der Waals surface area (Å²) < 4.78 is 5.95. The number of thioether (sulfide) groups is 1. The van der Waals surface area contributed by atoms with E-state index in [0.29, 0.717) is 32.4 Å². The molecule has 0 bridgehead atoms. The number of likely N-dealkylation sites (N-methyl/N-ethyl adjacent to an activating group) is 2. The van der Waals surface area contributed by atoms with Gasteiger partial charge in [0, 0.05) is 26.6 Å². The van der Waals surface area contributed by atoms with E-state index in [1.807, 2.05) is 25.1 Å². The molecule has 0 unspecified atom stereocenters. The van der Waals surface area contributed by atoms with E-state index in [9.17, 15) is 29.7 Å². The number of carbonyl (C=O) groups excluding carboxylic acids is 3. The lowest BCUT2D eigenvalue weighted by atomic mass is 9.91. The molecule has 268 valence electrons. The highest BCUT2D eigenvalue weighted by molar-refractivity contribution is 7.99. The summed E-state index contributed by atoms with van der Waals surface area (Å²) in [4.78, 5) is 40.8. The zero-order valence-electron chi connectivity index (χ0n) is 29.4. The molecule has 1 saturated heterocycles. The van der Waals surface area contributed by atoms with Crippen LogP contribution in [0.1, 0.15) is 60.6 Å².